The van der Waals surface area contributed by atoms with Gasteiger partial charge in [-0.3, -0.25) is 14.5 Å². The molecule has 0 saturated carbocycles. The van der Waals surface area contributed by atoms with Crippen LogP contribution in [0.15, 0.2) is 65.1 Å². The second kappa shape index (κ2) is 12.7. The highest BCUT2D eigenvalue weighted by atomic mass is 16.5. The van der Waals surface area contributed by atoms with Gasteiger partial charge in [-0.25, -0.2) is 0 Å². The quantitative estimate of drug-likeness (QED) is 0.397. The largest absolute Gasteiger partial charge is 0.486 e. The van der Waals surface area contributed by atoms with Gasteiger partial charge in [0, 0.05) is 52.3 Å². The molecular weight excluding hydrogens is 506 g/mol. The molecule has 2 aliphatic heterocycles. The topological polar surface area (TPSA) is 75.5 Å². The average molecular weight is 546 g/mol. The zero-order valence-corrected chi connectivity index (χ0v) is 23.7. The molecule has 1 fully saturated rings. The third kappa shape index (κ3) is 6.24. The number of amides is 2. The van der Waals surface area contributed by atoms with E-state index in [1.807, 2.05) is 54.0 Å². The maximum Gasteiger partial charge on any atom is 0.289 e. The van der Waals surface area contributed by atoms with Crippen molar-refractivity contribution in [1.82, 2.24) is 14.7 Å². The Morgan fingerprint density at radius 3 is 2.48 bits per heavy atom. The number of fused-ring (bicyclic) bond motifs is 1. The van der Waals surface area contributed by atoms with Crippen LogP contribution in [0.4, 0.5) is 0 Å². The summed E-state index contributed by atoms with van der Waals surface area (Å²) in [5.74, 6) is 1.61. The minimum atomic E-state index is -0.161. The number of carbonyl (C=O) groups is 2. The van der Waals surface area contributed by atoms with Gasteiger partial charge in [-0.05, 0) is 47.4 Å². The van der Waals surface area contributed by atoms with Gasteiger partial charge in [-0.2, -0.15) is 0 Å². The van der Waals surface area contributed by atoms with E-state index in [-0.39, 0.29) is 30.4 Å². The number of furan rings is 1. The van der Waals surface area contributed by atoms with Crippen molar-refractivity contribution < 1.29 is 23.5 Å². The van der Waals surface area contributed by atoms with Crippen LogP contribution in [0.3, 0.4) is 0 Å². The van der Waals surface area contributed by atoms with E-state index in [9.17, 15) is 9.59 Å². The van der Waals surface area contributed by atoms with Gasteiger partial charge in [0.25, 0.3) is 5.91 Å². The Morgan fingerprint density at radius 2 is 1.75 bits per heavy atom. The summed E-state index contributed by atoms with van der Waals surface area (Å²) >= 11 is 0. The number of benzene rings is 2. The molecule has 40 heavy (non-hydrogen) atoms. The van der Waals surface area contributed by atoms with Crippen LogP contribution in [-0.2, 0) is 22.6 Å². The van der Waals surface area contributed by atoms with Crippen LogP contribution in [0.2, 0.25) is 0 Å². The van der Waals surface area contributed by atoms with Crippen LogP contribution in [0.25, 0.3) is 0 Å². The first kappa shape index (κ1) is 27.9. The third-order valence-electron chi connectivity index (χ3n) is 7.76. The summed E-state index contributed by atoms with van der Waals surface area (Å²) in [6.07, 6.45) is 0.807. The highest BCUT2D eigenvalue weighted by molar-refractivity contribution is 5.91. The Morgan fingerprint density at radius 1 is 0.975 bits per heavy atom. The van der Waals surface area contributed by atoms with Crippen molar-refractivity contribution in [3.05, 3.63) is 88.9 Å². The Kier molecular flexibility index (Phi) is 8.87. The first-order valence-corrected chi connectivity index (χ1v) is 14.1. The second-order valence-electron chi connectivity index (χ2n) is 10.8. The van der Waals surface area contributed by atoms with E-state index in [0.717, 1.165) is 37.2 Å². The molecule has 8 nitrogen and oxygen atoms in total. The van der Waals surface area contributed by atoms with Gasteiger partial charge in [-0.15, -0.1) is 0 Å². The van der Waals surface area contributed by atoms with Crippen molar-refractivity contribution in [1.29, 1.82) is 0 Å². The van der Waals surface area contributed by atoms with Crippen LogP contribution in [0.1, 0.15) is 52.9 Å². The van der Waals surface area contributed by atoms with E-state index in [1.54, 1.807) is 19.2 Å². The molecular formula is C32H39N3O5. The average Bonchev–Trinajstić information content (AvgIpc) is 3.47. The summed E-state index contributed by atoms with van der Waals surface area (Å²) < 4.78 is 17.2. The summed E-state index contributed by atoms with van der Waals surface area (Å²) in [7, 11) is 1.70. The fourth-order valence-electron chi connectivity index (χ4n) is 5.52. The Labute approximate surface area is 236 Å². The number of hydrogen-bond donors (Lipinski definition) is 0. The van der Waals surface area contributed by atoms with Crippen molar-refractivity contribution in [3.63, 3.8) is 0 Å². The zero-order valence-electron chi connectivity index (χ0n) is 23.7. The van der Waals surface area contributed by atoms with Crippen molar-refractivity contribution >= 4 is 11.8 Å². The highest BCUT2D eigenvalue weighted by Gasteiger charge is 2.33. The number of methoxy groups -OCH3 is 1. The molecule has 1 saturated heterocycles. The molecule has 0 bridgehead atoms. The van der Waals surface area contributed by atoms with Crippen molar-refractivity contribution in [2.75, 3.05) is 53.0 Å². The molecule has 1 atom stereocenters. The molecule has 2 aliphatic rings. The number of piperazine rings is 1. The van der Waals surface area contributed by atoms with Gasteiger partial charge in [0.1, 0.15) is 18.1 Å². The molecule has 8 heteroatoms. The Bertz CT molecular complexity index is 1300. The van der Waals surface area contributed by atoms with Gasteiger partial charge >= 0.3 is 0 Å². The summed E-state index contributed by atoms with van der Waals surface area (Å²) in [6, 6.07) is 19.7. The first-order valence-electron chi connectivity index (χ1n) is 14.1. The predicted octanol–water partition coefficient (Wildman–Crippen LogP) is 4.39. The van der Waals surface area contributed by atoms with Gasteiger partial charge in [0.15, 0.2) is 5.76 Å². The zero-order chi connectivity index (χ0) is 28.1. The monoisotopic (exact) mass is 545 g/mol. The van der Waals surface area contributed by atoms with Gasteiger partial charge in [0.05, 0.1) is 12.6 Å². The summed E-state index contributed by atoms with van der Waals surface area (Å²) in [6.45, 7) is 9.36. The maximum absolute atomic E-state index is 13.2. The van der Waals surface area contributed by atoms with Crippen LogP contribution in [-0.4, -0.2) is 79.5 Å². The molecule has 0 unspecified atom stereocenters. The maximum atomic E-state index is 13.2. The normalized spacial score (nSPS) is 17.6. The number of nitrogens with zero attached hydrogens (tertiary/aromatic N) is 3. The summed E-state index contributed by atoms with van der Waals surface area (Å²) in [5, 5.41) is 0. The van der Waals surface area contributed by atoms with E-state index in [1.165, 1.54) is 5.56 Å². The fraction of sp³-hybridized carbons (Fsp3) is 0.438. The van der Waals surface area contributed by atoms with E-state index < -0.39 is 0 Å². The van der Waals surface area contributed by atoms with Gasteiger partial charge < -0.3 is 23.7 Å². The Balaban J connectivity index is 1.26. The van der Waals surface area contributed by atoms with Crippen molar-refractivity contribution in [2.24, 2.45) is 5.92 Å². The fourth-order valence-corrected chi connectivity index (χ4v) is 5.52. The summed E-state index contributed by atoms with van der Waals surface area (Å²) in [5.41, 5.74) is 3.40. The molecule has 0 aliphatic carbocycles. The van der Waals surface area contributed by atoms with E-state index >= 15 is 0 Å². The van der Waals surface area contributed by atoms with Crippen LogP contribution >= 0.6 is 0 Å². The SMILES string of the molecule is COCCN1CCN(C(=O)c2ccc(COc3ccc4c(c3)[C@H](c3ccccc3)N(C(=O)C(C)C)CC4)o2)CC1. The van der Waals surface area contributed by atoms with Gasteiger partial charge in [0.2, 0.25) is 5.91 Å². The third-order valence-corrected chi connectivity index (χ3v) is 7.76. The van der Waals surface area contributed by atoms with Crippen LogP contribution in [0, 0.1) is 5.92 Å². The molecule has 3 aromatic rings. The lowest BCUT2D eigenvalue weighted by Gasteiger charge is -2.39. The van der Waals surface area contributed by atoms with Gasteiger partial charge in [-0.1, -0.05) is 50.2 Å². The standard InChI is InChI=1S/C32H39N3O5/c1-23(2)31(36)35-14-13-24-9-10-26(21-28(24)30(35)25-7-5-4-6-8-25)39-22-27-11-12-29(40-27)32(37)34-17-15-33(16-18-34)19-20-38-3/h4-12,21,23,30H,13-20,22H2,1-3H3/t30-/m0/s1. The molecule has 0 radical (unpaired) electrons. The molecule has 5 rings (SSSR count). The molecule has 1 aromatic heterocycles. The number of ether oxygens (including phenoxy) is 2. The van der Waals surface area contributed by atoms with E-state index in [0.29, 0.717) is 43.5 Å². The minimum absolute atomic E-state index is 0.0809. The Hall–Kier alpha value is -3.62. The van der Waals surface area contributed by atoms with E-state index in [2.05, 4.69) is 23.1 Å². The number of hydrogen-bond acceptors (Lipinski definition) is 6. The molecule has 3 heterocycles. The lowest BCUT2D eigenvalue weighted by molar-refractivity contribution is -0.136. The van der Waals surface area contributed by atoms with Crippen LogP contribution in [0.5, 0.6) is 5.75 Å². The number of carbonyl (C=O) groups excluding carboxylic acids is 2. The minimum Gasteiger partial charge on any atom is -0.486 e. The highest BCUT2D eigenvalue weighted by Crippen LogP contribution is 2.38. The molecule has 2 amide bonds. The van der Waals surface area contributed by atoms with Crippen LogP contribution < -0.4 is 4.74 Å². The van der Waals surface area contributed by atoms with E-state index in [4.69, 9.17) is 13.9 Å². The molecule has 0 spiro atoms. The smallest absolute Gasteiger partial charge is 0.289 e. The molecule has 0 N–H and O–H groups in total. The predicted molar refractivity (Wildman–Crippen MR) is 152 cm³/mol. The lowest BCUT2D eigenvalue weighted by atomic mass is 9.87. The summed E-state index contributed by atoms with van der Waals surface area (Å²) in [4.78, 5) is 32.3. The molecule has 212 valence electrons. The second-order valence-corrected chi connectivity index (χ2v) is 10.8. The van der Waals surface area contributed by atoms with Crippen molar-refractivity contribution in [2.45, 2.75) is 32.9 Å². The number of rotatable bonds is 9. The lowest BCUT2D eigenvalue weighted by Crippen LogP contribution is -2.49. The molecule has 2 aromatic carbocycles. The first-order chi connectivity index (χ1) is 19.4. The van der Waals surface area contributed by atoms with Crippen molar-refractivity contribution in [3.8, 4) is 5.75 Å².